The summed E-state index contributed by atoms with van der Waals surface area (Å²) in [4.78, 5) is 15.6. The van der Waals surface area contributed by atoms with Gasteiger partial charge in [0.25, 0.3) is 0 Å². The molecule has 2 rings (SSSR count). The largest absolute Gasteiger partial charge is 0.464 e. The van der Waals surface area contributed by atoms with Gasteiger partial charge in [0.2, 0.25) is 0 Å². The molecule has 0 aromatic carbocycles. The van der Waals surface area contributed by atoms with Gasteiger partial charge in [-0.25, -0.2) is 15.2 Å². The van der Waals surface area contributed by atoms with Gasteiger partial charge in [-0.1, -0.05) is 0 Å². The van der Waals surface area contributed by atoms with Crippen LogP contribution >= 0.6 is 0 Å². The molecule has 16 heavy (non-hydrogen) atoms. The summed E-state index contributed by atoms with van der Waals surface area (Å²) in [6.07, 6.45) is 0. The second kappa shape index (κ2) is 4.09. The van der Waals surface area contributed by atoms with Gasteiger partial charge in [0.1, 0.15) is 5.69 Å². The summed E-state index contributed by atoms with van der Waals surface area (Å²) in [6.45, 7) is 4.84. The number of rotatable bonds is 2. The number of carbonyl (C=O) groups excluding carboxylic acids is 1. The number of esters is 1. The van der Waals surface area contributed by atoms with Gasteiger partial charge in [-0.05, 0) is 26.0 Å². The summed E-state index contributed by atoms with van der Waals surface area (Å²) in [5, 5.41) is 2.05. The fourth-order valence-corrected chi connectivity index (χ4v) is 1.77. The van der Waals surface area contributed by atoms with E-state index in [1.165, 1.54) is 7.11 Å². The van der Waals surface area contributed by atoms with Crippen molar-refractivity contribution in [1.29, 1.82) is 0 Å². The second-order valence-corrected chi connectivity index (χ2v) is 3.95. The van der Waals surface area contributed by atoms with Crippen molar-refractivity contribution >= 4 is 11.7 Å². The molecule has 86 valence electrons. The monoisotopic (exact) mass is 221 g/mol. The first-order chi connectivity index (χ1) is 7.63. The van der Waals surface area contributed by atoms with Gasteiger partial charge < -0.3 is 9.75 Å². The normalized spacial score (nSPS) is 14.1. The molecule has 0 fully saturated rings. The van der Waals surface area contributed by atoms with Crippen LogP contribution in [0.15, 0.2) is 12.1 Å². The third-order valence-electron chi connectivity index (χ3n) is 2.54. The van der Waals surface area contributed by atoms with Crippen LogP contribution in [0.5, 0.6) is 0 Å². The Labute approximate surface area is 94.4 Å². The topological polar surface area (TPSA) is 54.5 Å². The average molecular weight is 221 g/mol. The maximum Gasteiger partial charge on any atom is 0.356 e. The minimum Gasteiger partial charge on any atom is -0.464 e. The number of aromatic nitrogens is 1. The zero-order chi connectivity index (χ0) is 11.7. The molecule has 0 spiro atoms. The van der Waals surface area contributed by atoms with Crippen molar-refractivity contribution < 1.29 is 9.53 Å². The first-order valence-corrected chi connectivity index (χ1v) is 5.24. The number of nitrogens with zero attached hydrogens (tertiary/aromatic N) is 2. The van der Waals surface area contributed by atoms with Gasteiger partial charge >= 0.3 is 5.97 Å². The predicted molar refractivity (Wildman–Crippen MR) is 60.0 cm³/mol. The minimum absolute atomic E-state index is 0.354. The second-order valence-electron chi connectivity index (χ2n) is 3.95. The number of methoxy groups -OCH3 is 1. The quantitative estimate of drug-likeness (QED) is 0.758. The lowest BCUT2D eigenvalue weighted by Gasteiger charge is -2.23. The average Bonchev–Trinajstić information content (AvgIpc) is 2.70. The van der Waals surface area contributed by atoms with Crippen molar-refractivity contribution in [3.05, 3.63) is 23.5 Å². The molecule has 0 amide bonds. The molecule has 1 N–H and O–H groups in total. The molecule has 1 aromatic heterocycles. The van der Waals surface area contributed by atoms with Gasteiger partial charge in [0, 0.05) is 6.04 Å². The van der Waals surface area contributed by atoms with Crippen LogP contribution in [0, 0.1) is 0 Å². The molecule has 0 radical (unpaired) electrons. The third kappa shape index (κ3) is 1.74. The van der Waals surface area contributed by atoms with Gasteiger partial charge in [-0.2, -0.15) is 0 Å². The van der Waals surface area contributed by atoms with E-state index >= 15 is 0 Å². The summed E-state index contributed by atoms with van der Waals surface area (Å²) in [5.41, 5.74) is 5.50. The highest BCUT2D eigenvalue weighted by molar-refractivity contribution is 5.87. The van der Waals surface area contributed by atoms with Crippen LogP contribution in [-0.2, 0) is 11.3 Å². The van der Waals surface area contributed by atoms with Crippen LogP contribution in [0.4, 0.5) is 5.69 Å². The summed E-state index contributed by atoms with van der Waals surface area (Å²) in [7, 11) is 1.36. The van der Waals surface area contributed by atoms with E-state index in [1.54, 1.807) is 6.07 Å². The van der Waals surface area contributed by atoms with E-state index in [-0.39, 0.29) is 0 Å². The smallest absolute Gasteiger partial charge is 0.356 e. The Bertz CT molecular complexity index is 418. The van der Waals surface area contributed by atoms with Gasteiger partial charge in [0.05, 0.1) is 25.0 Å². The first kappa shape index (κ1) is 10.9. The number of carbonyl (C=O) groups is 1. The van der Waals surface area contributed by atoms with Crippen molar-refractivity contribution in [2.45, 2.75) is 26.4 Å². The van der Waals surface area contributed by atoms with Crippen LogP contribution in [0.2, 0.25) is 0 Å². The lowest BCUT2D eigenvalue weighted by atomic mass is 10.2. The summed E-state index contributed by atoms with van der Waals surface area (Å²) in [6, 6.07) is 3.94. The number of hydrogen-bond donors (Lipinski definition) is 1. The Morgan fingerprint density at radius 3 is 2.94 bits per heavy atom. The molecule has 5 heteroatoms. The minimum atomic E-state index is -0.397. The van der Waals surface area contributed by atoms with Gasteiger partial charge in [0.15, 0.2) is 0 Å². The Morgan fingerprint density at radius 2 is 2.31 bits per heavy atom. The van der Waals surface area contributed by atoms with E-state index in [9.17, 15) is 4.79 Å². The van der Waals surface area contributed by atoms with Crippen molar-refractivity contribution in [2.24, 2.45) is 0 Å². The molecule has 0 saturated carbocycles. The number of hydrogen-bond acceptors (Lipinski definition) is 5. The van der Waals surface area contributed by atoms with E-state index in [2.05, 4.69) is 29.0 Å². The number of nitrogens with one attached hydrogen (secondary N) is 1. The number of pyridine rings is 1. The molecule has 2 heterocycles. The summed E-state index contributed by atoms with van der Waals surface area (Å²) in [5.74, 6) is -0.397. The Morgan fingerprint density at radius 1 is 1.56 bits per heavy atom. The third-order valence-corrected chi connectivity index (χ3v) is 2.54. The molecule has 1 aliphatic rings. The molecule has 0 aliphatic carbocycles. The standard InChI is InChI=1S/C11H15N3O2/c1-7(2)14-10-5-4-8(11(15)16-3)13-9(10)6-12-14/h4-5,7,12H,6H2,1-3H3. The van der Waals surface area contributed by atoms with E-state index in [4.69, 9.17) is 0 Å². The van der Waals surface area contributed by atoms with Crippen LogP contribution in [0.1, 0.15) is 30.0 Å². The maximum atomic E-state index is 11.3. The number of ether oxygens (including phenoxy) is 1. The lowest BCUT2D eigenvalue weighted by molar-refractivity contribution is 0.0594. The van der Waals surface area contributed by atoms with Crippen molar-refractivity contribution in [3.8, 4) is 0 Å². The first-order valence-electron chi connectivity index (χ1n) is 5.24. The highest BCUT2D eigenvalue weighted by atomic mass is 16.5. The molecule has 0 atom stereocenters. The van der Waals surface area contributed by atoms with Gasteiger partial charge in [-0.3, -0.25) is 0 Å². The molecule has 0 bridgehead atoms. The highest BCUT2D eigenvalue weighted by Gasteiger charge is 2.23. The Balaban J connectivity index is 2.33. The van der Waals surface area contributed by atoms with Crippen LogP contribution in [0.3, 0.4) is 0 Å². The molecular weight excluding hydrogens is 206 g/mol. The zero-order valence-corrected chi connectivity index (χ0v) is 9.65. The van der Waals surface area contributed by atoms with Gasteiger partial charge in [-0.15, -0.1) is 0 Å². The Hall–Kier alpha value is -1.62. The highest BCUT2D eigenvalue weighted by Crippen LogP contribution is 2.25. The molecule has 5 nitrogen and oxygen atoms in total. The summed E-state index contributed by atoms with van der Waals surface area (Å²) < 4.78 is 4.63. The van der Waals surface area contributed by atoms with Crippen molar-refractivity contribution in [1.82, 2.24) is 10.4 Å². The number of hydrazine groups is 1. The molecule has 1 aliphatic heterocycles. The fourth-order valence-electron chi connectivity index (χ4n) is 1.77. The predicted octanol–water partition coefficient (Wildman–Crippen LogP) is 1.10. The van der Waals surface area contributed by atoms with E-state index < -0.39 is 5.97 Å². The van der Waals surface area contributed by atoms with E-state index in [0.29, 0.717) is 18.3 Å². The van der Waals surface area contributed by atoms with Crippen molar-refractivity contribution in [2.75, 3.05) is 12.1 Å². The maximum absolute atomic E-state index is 11.3. The number of anilines is 1. The van der Waals surface area contributed by atoms with Crippen molar-refractivity contribution in [3.63, 3.8) is 0 Å². The van der Waals surface area contributed by atoms with E-state index in [1.807, 2.05) is 11.1 Å². The van der Waals surface area contributed by atoms with E-state index in [0.717, 1.165) is 11.4 Å². The molecular formula is C11H15N3O2. The lowest BCUT2D eigenvalue weighted by Crippen LogP contribution is -2.37. The fraction of sp³-hybridized carbons (Fsp3) is 0.455. The molecule has 0 saturated heterocycles. The molecule has 0 unspecified atom stereocenters. The Kier molecular flexibility index (Phi) is 2.78. The number of fused-ring (bicyclic) bond motifs is 1. The molecule has 1 aromatic rings. The van der Waals surface area contributed by atoms with Crippen LogP contribution in [-0.4, -0.2) is 24.1 Å². The SMILES string of the molecule is COC(=O)c1ccc2c(n1)CNN2C(C)C. The summed E-state index contributed by atoms with van der Waals surface area (Å²) >= 11 is 0. The van der Waals surface area contributed by atoms with Crippen LogP contribution in [0.25, 0.3) is 0 Å². The zero-order valence-electron chi connectivity index (χ0n) is 9.65. The van der Waals surface area contributed by atoms with Crippen LogP contribution < -0.4 is 10.4 Å².